The second-order valence-electron chi connectivity index (χ2n) is 6.02. The molecule has 0 bridgehead atoms. The SMILES string of the molecule is COCCOCCC(=O)Cc1ccc(C(C)(C)C)cc1. The number of carbonyl (C=O) groups excluding carboxylic acids is 1. The number of carbonyl (C=O) groups is 1. The Kier molecular flexibility index (Phi) is 6.89. The zero-order valence-electron chi connectivity index (χ0n) is 13.1. The fourth-order valence-electron chi connectivity index (χ4n) is 1.87. The molecule has 0 aliphatic heterocycles. The van der Waals surface area contributed by atoms with Crippen LogP contribution in [0.25, 0.3) is 0 Å². The van der Waals surface area contributed by atoms with Crippen LogP contribution in [0.4, 0.5) is 0 Å². The van der Waals surface area contributed by atoms with E-state index in [4.69, 9.17) is 9.47 Å². The summed E-state index contributed by atoms with van der Waals surface area (Å²) in [6, 6.07) is 8.31. The Morgan fingerprint density at radius 1 is 1.05 bits per heavy atom. The number of ether oxygens (including phenoxy) is 2. The standard InChI is InChI=1S/C17H26O3/c1-17(2,3)15-7-5-14(6-8-15)13-16(18)9-10-20-12-11-19-4/h5-8H,9-13H2,1-4H3. The maximum Gasteiger partial charge on any atom is 0.139 e. The van der Waals surface area contributed by atoms with Gasteiger partial charge in [-0.25, -0.2) is 0 Å². The Labute approximate surface area is 122 Å². The number of methoxy groups -OCH3 is 1. The van der Waals surface area contributed by atoms with Gasteiger partial charge in [0.2, 0.25) is 0 Å². The first-order valence-electron chi connectivity index (χ1n) is 7.11. The minimum Gasteiger partial charge on any atom is -0.382 e. The summed E-state index contributed by atoms with van der Waals surface area (Å²) in [7, 11) is 1.63. The Balaban J connectivity index is 2.35. The molecule has 0 aliphatic rings. The molecular formula is C17H26O3. The molecule has 0 atom stereocenters. The van der Waals surface area contributed by atoms with Crippen LogP contribution in [0.1, 0.15) is 38.3 Å². The molecular weight excluding hydrogens is 252 g/mol. The summed E-state index contributed by atoms with van der Waals surface area (Å²) in [6.45, 7) is 8.15. The van der Waals surface area contributed by atoms with Crippen LogP contribution in [-0.4, -0.2) is 32.7 Å². The van der Waals surface area contributed by atoms with Crippen LogP contribution in [0.3, 0.4) is 0 Å². The van der Waals surface area contributed by atoms with Gasteiger partial charge in [0.1, 0.15) is 5.78 Å². The number of hydrogen-bond donors (Lipinski definition) is 0. The predicted molar refractivity (Wildman–Crippen MR) is 81.2 cm³/mol. The third-order valence-corrected chi connectivity index (χ3v) is 3.18. The lowest BCUT2D eigenvalue weighted by atomic mass is 9.86. The summed E-state index contributed by atoms with van der Waals surface area (Å²) in [5.41, 5.74) is 2.51. The van der Waals surface area contributed by atoms with E-state index in [1.165, 1.54) is 5.56 Å². The van der Waals surface area contributed by atoms with Gasteiger partial charge in [-0.3, -0.25) is 4.79 Å². The molecule has 0 aromatic heterocycles. The van der Waals surface area contributed by atoms with Gasteiger partial charge in [-0.2, -0.15) is 0 Å². The number of hydrogen-bond acceptors (Lipinski definition) is 3. The van der Waals surface area contributed by atoms with E-state index in [1.807, 2.05) is 12.1 Å². The summed E-state index contributed by atoms with van der Waals surface area (Å²) >= 11 is 0. The van der Waals surface area contributed by atoms with Crippen molar-refractivity contribution >= 4 is 5.78 Å². The van der Waals surface area contributed by atoms with Crippen molar-refractivity contribution in [2.75, 3.05) is 26.9 Å². The molecule has 0 radical (unpaired) electrons. The van der Waals surface area contributed by atoms with Gasteiger partial charge in [0.05, 0.1) is 19.8 Å². The summed E-state index contributed by atoms with van der Waals surface area (Å²) in [5, 5.41) is 0. The lowest BCUT2D eigenvalue weighted by molar-refractivity contribution is -0.119. The van der Waals surface area contributed by atoms with E-state index in [0.29, 0.717) is 32.7 Å². The van der Waals surface area contributed by atoms with Gasteiger partial charge >= 0.3 is 0 Å². The van der Waals surface area contributed by atoms with Crippen molar-refractivity contribution in [1.82, 2.24) is 0 Å². The monoisotopic (exact) mass is 278 g/mol. The molecule has 0 spiro atoms. The highest BCUT2D eigenvalue weighted by atomic mass is 16.5. The van der Waals surface area contributed by atoms with Crippen LogP contribution in [0.15, 0.2) is 24.3 Å². The molecule has 1 aromatic rings. The highest BCUT2D eigenvalue weighted by Gasteiger charge is 2.13. The van der Waals surface area contributed by atoms with Gasteiger partial charge in [0, 0.05) is 20.0 Å². The Bertz CT molecular complexity index is 401. The molecule has 0 N–H and O–H groups in total. The molecule has 0 heterocycles. The Morgan fingerprint density at radius 2 is 1.70 bits per heavy atom. The van der Waals surface area contributed by atoms with E-state index < -0.39 is 0 Å². The molecule has 112 valence electrons. The quantitative estimate of drug-likeness (QED) is 0.685. The fraction of sp³-hybridized carbons (Fsp3) is 0.588. The van der Waals surface area contributed by atoms with Crippen LogP contribution in [-0.2, 0) is 26.1 Å². The zero-order valence-corrected chi connectivity index (χ0v) is 13.1. The minimum atomic E-state index is 0.151. The van der Waals surface area contributed by atoms with Crippen molar-refractivity contribution < 1.29 is 14.3 Å². The van der Waals surface area contributed by atoms with E-state index >= 15 is 0 Å². The average molecular weight is 278 g/mol. The Morgan fingerprint density at radius 3 is 2.25 bits per heavy atom. The molecule has 3 nitrogen and oxygen atoms in total. The first-order chi connectivity index (χ1) is 9.43. The van der Waals surface area contributed by atoms with Crippen molar-refractivity contribution in [3.63, 3.8) is 0 Å². The van der Waals surface area contributed by atoms with E-state index in [2.05, 4.69) is 32.9 Å². The zero-order chi connectivity index (χ0) is 15.0. The molecule has 0 saturated heterocycles. The maximum atomic E-state index is 11.8. The molecule has 0 fully saturated rings. The van der Waals surface area contributed by atoms with Crippen LogP contribution >= 0.6 is 0 Å². The van der Waals surface area contributed by atoms with Crippen molar-refractivity contribution in [1.29, 1.82) is 0 Å². The lowest BCUT2D eigenvalue weighted by Gasteiger charge is -2.19. The number of rotatable bonds is 8. The topological polar surface area (TPSA) is 35.5 Å². The predicted octanol–water partition coefficient (Wildman–Crippen LogP) is 3.15. The minimum absolute atomic E-state index is 0.151. The highest BCUT2D eigenvalue weighted by molar-refractivity contribution is 5.80. The summed E-state index contributed by atoms with van der Waals surface area (Å²) in [6.07, 6.45) is 0.947. The van der Waals surface area contributed by atoms with E-state index in [0.717, 1.165) is 5.56 Å². The first-order valence-corrected chi connectivity index (χ1v) is 7.11. The molecule has 1 aromatic carbocycles. The second kappa shape index (κ2) is 8.18. The van der Waals surface area contributed by atoms with Crippen molar-refractivity contribution in [2.24, 2.45) is 0 Å². The number of benzene rings is 1. The van der Waals surface area contributed by atoms with E-state index in [1.54, 1.807) is 7.11 Å². The van der Waals surface area contributed by atoms with Gasteiger partial charge in [-0.1, -0.05) is 45.0 Å². The van der Waals surface area contributed by atoms with Crippen LogP contribution in [0.2, 0.25) is 0 Å². The largest absolute Gasteiger partial charge is 0.382 e. The molecule has 0 saturated carbocycles. The van der Waals surface area contributed by atoms with Crippen LogP contribution < -0.4 is 0 Å². The summed E-state index contributed by atoms with van der Waals surface area (Å²) in [4.78, 5) is 11.8. The second-order valence-corrected chi connectivity index (χ2v) is 6.02. The van der Waals surface area contributed by atoms with Gasteiger partial charge < -0.3 is 9.47 Å². The molecule has 0 amide bonds. The third-order valence-electron chi connectivity index (χ3n) is 3.18. The van der Waals surface area contributed by atoms with Gasteiger partial charge in [0.25, 0.3) is 0 Å². The lowest BCUT2D eigenvalue weighted by Crippen LogP contribution is -2.12. The van der Waals surface area contributed by atoms with Gasteiger partial charge in [-0.05, 0) is 16.5 Å². The Hall–Kier alpha value is -1.19. The number of ketones is 1. The first kappa shape index (κ1) is 16.9. The van der Waals surface area contributed by atoms with E-state index in [-0.39, 0.29) is 11.2 Å². The molecule has 0 aliphatic carbocycles. The van der Waals surface area contributed by atoms with Crippen LogP contribution in [0.5, 0.6) is 0 Å². The summed E-state index contributed by atoms with van der Waals surface area (Å²) in [5.74, 6) is 0.214. The van der Waals surface area contributed by atoms with Crippen molar-refractivity contribution in [3.05, 3.63) is 35.4 Å². The van der Waals surface area contributed by atoms with Crippen LogP contribution in [0, 0.1) is 0 Å². The summed E-state index contributed by atoms with van der Waals surface area (Å²) < 4.78 is 10.2. The van der Waals surface area contributed by atoms with Gasteiger partial charge in [0.15, 0.2) is 0 Å². The average Bonchev–Trinajstić information content (AvgIpc) is 2.38. The molecule has 3 heteroatoms. The third kappa shape index (κ3) is 6.31. The molecule has 0 unspecified atom stereocenters. The number of Topliss-reactive ketones (excluding diaryl/α,β-unsaturated/α-hetero) is 1. The van der Waals surface area contributed by atoms with E-state index in [9.17, 15) is 4.79 Å². The molecule has 1 rings (SSSR count). The van der Waals surface area contributed by atoms with Crippen molar-refractivity contribution in [3.8, 4) is 0 Å². The molecule has 20 heavy (non-hydrogen) atoms. The van der Waals surface area contributed by atoms with Crippen molar-refractivity contribution in [2.45, 2.75) is 39.0 Å². The smallest absolute Gasteiger partial charge is 0.139 e. The van der Waals surface area contributed by atoms with Gasteiger partial charge in [-0.15, -0.1) is 0 Å². The normalized spacial score (nSPS) is 11.6. The fourth-order valence-corrected chi connectivity index (χ4v) is 1.87. The highest BCUT2D eigenvalue weighted by Crippen LogP contribution is 2.22. The maximum absolute atomic E-state index is 11.8.